The van der Waals surface area contributed by atoms with Crippen LogP contribution in [-0.2, 0) is 17.8 Å². The van der Waals surface area contributed by atoms with E-state index >= 15 is 0 Å². The normalized spacial score (nSPS) is 12.0. The van der Waals surface area contributed by atoms with Crippen molar-refractivity contribution in [3.63, 3.8) is 0 Å². The summed E-state index contributed by atoms with van der Waals surface area (Å²) in [5.74, 6) is -0.0276. The smallest absolute Gasteiger partial charge is 0.234 e. The first-order valence-electron chi connectivity index (χ1n) is 8.45. The Kier molecular flexibility index (Phi) is 6.88. The molecule has 0 aliphatic carbocycles. The molecule has 128 valence electrons. The van der Waals surface area contributed by atoms with Gasteiger partial charge in [-0.25, -0.2) is 0 Å². The highest BCUT2D eigenvalue weighted by atomic mass is 16.1. The summed E-state index contributed by atoms with van der Waals surface area (Å²) in [6.07, 6.45) is 5.68. The fourth-order valence-electron chi connectivity index (χ4n) is 2.45. The van der Waals surface area contributed by atoms with Crippen molar-refractivity contribution >= 4 is 5.91 Å². The molecular weight excluding hydrogens is 300 g/mol. The number of aromatic nitrogens is 2. The van der Waals surface area contributed by atoms with E-state index in [0.717, 1.165) is 29.8 Å². The van der Waals surface area contributed by atoms with Gasteiger partial charge in [-0.05, 0) is 31.4 Å². The predicted molar refractivity (Wildman–Crippen MR) is 95.5 cm³/mol. The summed E-state index contributed by atoms with van der Waals surface area (Å²) in [4.78, 5) is 20.5. The SMILES string of the molecule is CCCc1ccc([C@@H](C)NC(=O)CNCc2cnc(C)cn2)cc1. The summed E-state index contributed by atoms with van der Waals surface area (Å²) in [5.41, 5.74) is 4.16. The van der Waals surface area contributed by atoms with Crippen LogP contribution in [0, 0.1) is 6.92 Å². The number of hydrogen-bond acceptors (Lipinski definition) is 4. The molecule has 2 N–H and O–H groups in total. The van der Waals surface area contributed by atoms with E-state index in [-0.39, 0.29) is 18.5 Å². The summed E-state index contributed by atoms with van der Waals surface area (Å²) < 4.78 is 0. The van der Waals surface area contributed by atoms with E-state index in [0.29, 0.717) is 6.54 Å². The van der Waals surface area contributed by atoms with Gasteiger partial charge in [0.25, 0.3) is 0 Å². The summed E-state index contributed by atoms with van der Waals surface area (Å²) in [6, 6.07) is 8.44. The molecule has 1 heterocycles. The number of aryl methyl sites for hydroxylation is 2. The highest BCUT2D eigenvalue weighted by molar-refractivity contribution is 5.78. The van der Waals surface area contributed by atoms with Gasteiger partial charge in [0.2, 0.25) is 5.91 Å². The lowest BCUT2D eigenvalue weighted by molar-refractivity contribution is -0.120. The van der Waals surface area contributed by atoms with Crippen LogP contribution in [0.5, 0.6) is 0 Å². The van der Waals surface area contributed by atoms with Crippen LogP contribution in [-0.4, -0.2) is 22.4 Å². The van der Waals surface area contributed by atoms with Crippen molar-refractivity contribution in [1.29, 1.82) is 0 Å². The third-order valence-corrected chi connectivity index (χ3v) is 3.82. The molecule has 5 heteroatoms. The topological polar surface area (TPSA) is 66.9 Å². The molecule has 0 saturated heterocycles. The average molecular weight is 326 g/mol. The minimum atomic E-state index is -0.0276. The van der Waals surface area contributed by atoms with Crippen molar-refractivity contribution in [2.24, 2.45) is 0 Å². The molecule has 0 fully saturated rings. The number of nitrogens with zero attached hydrogens (tertiary/aromatic N) is 2. The Morgan fingerprint density at radius 2 is 1.92 bits per heavy atom. The summed E-state index contributed by atoms with van der Waals surface area (Å²) in [7, 11) is 0. The molecule has 0 aliphatic rings. The Balaban J connectivity index is 1.75. The van der Waals surface area contributed by atoms with Gasteiger partial charge in [-0.3, -0.25) is 14.8 Å². The maximum absolute atomic E-state index is 12.0. The second-order valence-corrected chi connectivity index (χ2v) is 6.03. The number of rotatable bonds is 8. The van der Waals surface area contributed by atoms with Crippen LogP contribution in [0.1, 0.15) is 48.8 Å². The van der Waals surface area contributed by atoms with Crippen molar-refractivity contribution in [2.75, 3.05) is 6.54 Å². The fraction of sp³-hybridized carbons (Fsp3) is 0.421. The van der Waals surface area contributed by atoms with Gasteiger partial charge in [0, 0.05) is 18.9 Å². The van der Waals surface area contributed by atoms with Crippen LogP contribution in [0.15, 0.2) is 36.7 Å². The average Bonchev–Trinajstić information content (AvgIpc) is 2.57. The summed E-state index contributed by atoms with van der Waals surface area (Å²) in [6.45, 7) is 6.85. The van der Waals surface area contributed by atoms with Gasteiger partial charge in [0.1, 0.15) is 0 Å². The zero-order valence-corrected chi connectivity index (χ0v) is 14.7. The molecule has 2 aromatic rings. The van der Waals surface area contributed by atoms with Crippen molar-refractivity contribution in [3.8, 4) is 0 Å². The minimum Gasteiger partial charge on any atom is -0.348 e. The van der Waals surface area contributed by atoms with Gasteiger partial charge < -0.3 is 10.6 Å². The molecule has 1 atom stereocenters. The van der Waals surface area contributed by atoms with Crippen LogP contribution in [0.25, 0.3) is 0 Å². The first-order valence-corrected chi connectivity index (χ1v) is 8.45. The van der Waals surface area contributed by atoms with Gasteiger partial charge >= 0.3 is 0 Å². The van der Waals surface area contributed by atoms with Crippen LogP contribution in [0.4, 0.5) is 0 Å². The van der Waals surface area contributed by atoms with E-state index in [4.69, 9.17) is 0 Å². The third kappa shape index (κ3) is 5.74. The van der Waals surface area contributed by atoms with E-state index in [1.807, 2.05) is 13.8 Å². The lowest BCUT2D eigenvalue weighted by atomic mass is 10.0. The van der Waals surface area contributed by atoms with Crippen LogP contribution >= 0.6 is 0 Å². The highest BCUT2D eigenvalue weighted by Gasteiger charge is 2.09. The van der Waals surface area contributed by atoms with Crippen LogP contribution in [0.3, 0.4) is 0 Å². The fourth-order valence-corrected chi connectivity index (χ4v) is 2.45. The molecule has 0 unspecified atom stereocenters. The van der Waals surface area contributed by atoms with E-state index in [9.17, 15) is 4.79 Å². The first-order chi connectivity index (χ1) is 11.6. The second kappa shape index (κ2) is 9.13. The Labute approximate surface area is 143 Å². The monoisotopic (exact) mass is 326 g/mol. The Bertz CT molecular complexity index is 637. The number of hydrogen-bond donors (Lipinski definition) is 2. The standard InChI is InChI=1S/C19H26N4O/c1-4-5-16-6-8-17(9-7-16)15(3)23-19(24)13-20-11-18-12-21-14(2)10-22-18/h6-10,12,15,20H,4-5,11,13H2,1-3H3,(H,23,24)/t15-/m1/s1. The predicted octanol–water partition coefficient (Wildman–Crippen LogP) is 2.70. The quantitative estimate of drug-likeness (QED) is 0.783. The number of nitrogens with one attached hydrogen (secondary N) is 2. The number of amides is 1. The van der Waals surface area contributed by atoms with Crippen molar-refractivity contribution in [3.05, 3.63) is 59.2 Å². The van der Waals surface area contributed by atoms with Crippen LogP contribution in [0.2, 0.25) is 0 Å². The van der Waals surface area contributed by atoms with Gasteiger partial charge in [-0.15, -0.1) is 0 Å². The molecule has 0 radical (unpaired) electrons. The minimum absolute atomic E-state index is 0.00542. The Morgan fingerprint density at radius 1 is 1.17 bits per heavy atom. The molecule has 1 amide bonds. The largest absolute Gasteiger partial charge is 0.348 e. The molecular formula is C19H26N4O. The van der Waals surface area contributed by atoms with E-state index in [2.05, 4.69) is 51.8 Å². The zero-order valence-electron chi connectivity index (χ0n) is 14.7. The first kappa shape index (κ1) is 18.1. The molecule has 1 aromatic carbocycles. The zero-order chi connectivity index (χ0) is 17.4. The van der Waals surface area contributed by atoms with Crippen molar-refractivity contribution < 1.29 is 4.79 Å². The molecule has 0 spiro atoms. The Morgan fingerprint density at radius 3 is 2.54 bits per heavy atom. The maximum atomic E-state index is 12.0. The van der Waals surface area contributed by atoms with Crippen LogP contribution < -0.4 is 10.6 Å². The van der Waals surface area contributed by atoms with Gasteiger partial charge in [0.05, 0.1) is 24.0 Å². The molecule has 2 rings (SSSR count). The van der Waals surface area contributed by atoms with E-state index in [1.54, 1.807) is 12.4 Å². The molecule has 1 aromatic heterocycles. The lowest BCUT2D eigenvalue weighted by Gasteiger charge is -2.15. The molecule has 0 saturated carbocycles. The molecule has 24 heavy (non-hydrogen) atoms. The second-order valence-electron chi connectivity index (χ2n) is 6.03. The third-order valence-electron chi connectivity index (χ3n) is 3.82. The number of carbonyl (C=O) groups excluding carboxylic acids is 1. The highest BCUT2D eigenvalue weighted by Crippen LogP contribution is 2.14. The number of carbonyl (C=O) groups is 1. The summed E-state index contributed by atoms with van der Waals surface area (Å²) in [5, 5.41) is 6.09. The molecule has 5 nitrogen and oxygen atoms in total. The van der Waals surface area contributed by atoms with Crippen molar-refractivity contribution in [1.82, 2.24) is 20.6 Å². The number of benzene rings is 1. The summed E-state index contributed by atoms with van der Waals surface area (Å²) >= 11 is 0. The Hall–Kier alpha value is -2.27. The molecule has 0 aliphatic heterocycles. The van der Waals surface area contributed by atoms with Crippen molar-refractivity contribution in [2.45, 2.75) is 46.2 Å². The van der Waals surface area contributed by atoms with E-state index < -0.39 is 0 Å². The molecule has 0 bridgehead atoms. The maximum Gasteiger partial charge on any atom is 0.234 e. The van der Waals surface area contributed by atoms with Gasteiger partial charge in [-0.1, -0.05) is 37.6 Å². The van der Waals surface area contributed by atoms with Gasteiger partial charge in [0.15, 0.2) is 0 Å². The lowest BCUT2D eigenvalue weighted by Crippen LogP contribution is -2.35. The van der Waals surface area contributed by atoms with Gasteiger partial charge in [-0.2, -0.15) is 0 Å². The van der Waals surface area contributed by atoms with E-state index in [1.165, 1.54) is 5.56 Å².